The molecule has 4 amide bonds. The van der Waals surface area contributed by atoms with E-state index >= 15 is 4.79 Å². The number of methoxy groups -OCH3 is 1. The summed E-state index contributed by atoms with van der Waals surface area (Å²) >= 11 is 0. The highest BCUT2D eigenvalue weighted by molar-refractivity contribution is 7.91. The zero-order valence-electron chi connectivity index (χ0n) is 35.4. The van der Waals surface area contributed by atoms with Crippen molar-refractivity contribution in [2.24, 2.45) is 29.1 Å². The first-order valence-electron chi connectivity index (χ1n) is 21.1. The van der Waals surface area contributed by atoms with Gasteiger partial charge < -0.3 is 29.7 Å². The molecule has 3 heterocycles. The first kappa shape index (κ1) is 43.7. The van der Waals surface area contributed by atoms with Crippen LogP contribution in [0.15, 0.2) is 18.2 Å². The molecule has 3 aliphatic carbocycles. The van der Waals surface area contributed by atoms with Gasteiger partial charge in [-0.1, -0.05) is 47.5 Å². The Morgan fingerprint density at radius 1 is 1.07 bits per heavy atom. The number of alkyl halides is 2. The summed E-state index contributed by atoms with van der Waals surface area (Å²) in [5.41, 5.74) is -1.45. The molecule has 0 spiro atoms. The Bertz CT molecular complexity index is 2130. The van der Waals surface area contributed by atoms with Crippen LogP contribution in [0.25, 0.3) is 11.0 Å². The normalized spacial score (nSPS) is 30.5. The smallest absolute Gasteiger partial charge is 0.408 e. The summed E-state index contributed by atoms with van der Waals surface area (Å²) in [6.07, 6.45) is 0.00403. The number of hydrogen-bond acceptors (Lipinski definition) is 11. The maximum atomic E-state index is 15.0. The Morgan fingerprint density at radius 2 is 1.80 bits per heavy atom. The Hall–Kier alpha value is -4.35. The van der Waals surface area contributed by atoms with Crippen LogP contribution >= 0.6 is 0 Å². The monoisotopic (exact) mass is 860 g/mol. The second kappa shape index (κ2) is 16.2. The molecule has 3 saturated carbocycles. The number of halogens is 2. The van der Waals surface area contributed by atoms with Crippen molar-refractivity contribution >= 4 is 44.9 Å². The molecule has 330 valence electrons. The fraction of sp³-hybridized carbons (Fsp3) is 0.714. The Morgan fingerprint density at radius 3 is 2.43 bits per heavy atom. The van der Waals surface area contributed by atoms with E-state index in [4.69, 9.17) is 24.2 Å². The molecule has 2 bridgehead atoms. The van der Waals surface area contributed by atoms with Crippen molar-refractivity contribution in [1.29, 1.82) is 0 Å². The maximum Gasteiger partial charge on any atom is 0.408 e. The fourth-order valence-electron chi connectivity index (χ4n) is 8.75. The third-order valence-electron chi connectivity index (χ3n) is 12.9. The number of ether oxygens (including phenoxy) is 3. The lowest BCUT2D eigenvalue weighted by atomic mass is 9.85. The molecule has 60 heavy (non-hydrogen) atoms. The standard InChI is InChI=1S/C42H58F2N6O9S/c1-22(2)17-25-31-21-50(32(25)35(51)48-42(20-26(42)34(43)44)38(53)49-60(55,56)41(6)15-16-41)37(52)33(40(3,4)5)47-39(54)59-30-18-23(30)11-9-8-10-12-28-36(58-31)46-29-19-24(57-7)13-14-27(29)45-28/h13-14,19,22-23,25-26,30-34H,8-12,15-18,20-21H2,1-7H3,(H,47,54)(H,48,51)(H,49,53). The van der Waals surface area contributed by atoms with Crippen LogP contribution in [-0.4, -0.2) is 102 Å². The van der Waals surface area contributed by atoms with Gasteiger partial charge in [-0.15, -0.1) is 0 Å². The molecule has 1 aromatic heterocycles. The highest BCUT2D eigenvalue weighted by Crippen LogP contribution is 2.50. The number of hydrogen-bond donors (Lipinski definition) is 3. The van der Waals surface area contributed by atoms with E-state index in [9.17, 15) is 31.6 Å². The fourth-order valence-corrected chi connectivity index (χ4v) is 10.1. The van der Waals surface area contributed by atoms with E-state index in [-0.39, 0.29) is 30.4 Å². The number of nitrogens with one attached hydrogen (secondary N) is 3. The van der Waals surface area contributed by atoms with Crippen molar-refractivity contribution in [2.75, 3.05) is 13.7 Å². The molecular formula is C42H58F2N6O9S. The average molecular weight is 861 g/mol. The molecule has 8 unspecified atom stereocenters. The molecule has 1 aromatic carbocycles. The van der Waals surface area contributed by atoms with Gasteiger partial charge in [-0.25, -0.2) is 32.0 Å². The zero-order valence-corrected chi connectivity index (χ0v) is 36.2. The predicted octanol–water partition coefficient (Wildman–Crippen LogP) is 5.04. The molecule has 0 radical (unpaired) electrons. The highest BCUT2D eigenvalue weighted by Gasteiger charge is 2.68. The second-order valence-corrected chi connectivity index (χ2v) is 21.4. The van der Waals surface area contributed by atoms with Crippen LogP contribution in [0, 0.1) is 29.1 Å². The van der Waals surface area contributed by atoms with Crippen LogP contribution in [-0.2, 0) is 35.6 Å². The number of sulfonamides is 1. The van der Waals surface area contributed by atoms with E-state index in [2.05, 4.69) is 10.6 Å². The van der Waals surface area contributed by atoms with Crippen LogP contribution < -0.4 is 24.8 Å². The lowest BCUT2D eigenvalue weighted by Crippen LogP contribution is -2.61. The van der Waals surface area contributed by atoms with Gasteiger partial charge in [-0.2, -0.15) is 0 Å². The predicted molar refractivity (Wildman–Crippen MR) is 216 cm³/mol. The van der Waals surface area contributed by atoms with Crippen LogP contribution in [0.3, 0.4) is 0 Å². The number of benzene rings is 1. The number of amides is 4. The number of aromatic nitrogens is 2. The number of fused-ring (bicyclic) bond motifs is 5. The van der Waals surface area contributed by atoms with Gasteiger partial charge in [0.2, 0.25) is 34.1 Å². The zero-order chi connectivity index (χ0) is 43.5. The first-order valence-corrected chi connectivity index (χ1v) is 22.6. The number of carbonyl (C=O) groups excluding carboxylic acids is 4. The first-order chi connectivity index (χ1) is 28.2. The Labute approximate surface area is 349 Å². The quantitative estimate of drug-likeness (QED) is 0.306. The van der Waals surface area contributed by atoms with Gasteiger partial charge in [0.15, 0.2) is 0 Å². The highest BCUT2D eigenvalue weighted by atomic mass is 32.2. The molecule has 15 nitrogen and oxygen atoms in total. The number of nitrogens with zero attached hydrogens (tertiary/aromatic N) is 3. The van der Waals surface area contributed by atoms with Crippen molar-refractivity contribution in [3.05, 3.63) is 23.9 Å². The van der Waals surface area contributed by atoms with E-state index in [1.165, 1.54) is 11.8 Å². The number of carbonyl (C=O) groups is 4. The van der Waals surface area contributed by atoms with Crippen LogP contribution in [0.4, 0.5) is 13.6 Å². The minimum atomic E-state index is -4.25. The van der Waals surface area contributed by atoms with E-state index in [1.807, 2.05) is 24.6 Å². The van der Waals surface area contributed by atoms with Crippen molar-refractivity contribution in [3.63, 3.8) is 0 Å². The summed E-state index contributed by atoms with van der Waals surface area (Å²) in [6, 6.07) is 2.72. The number of aryl methyl sites for hydroxylation is 1. The molecule has 1 saturated heterocycles. The van der Waals surface area contributed by atoms with E-state index in [0.29, 0.717) is 54.6 Å². The molecule has 3 N–H and O–H groups in total. The Balaban J connectivity index is 1.30. The maximum absolute atomic E-state index is 15.0. The minimum absolute atomic E-state index is 0.0751. The average Bonchev–Trinajstić information content (AvgIpc) is 4.11. The number of alkyl carbamates (subject to hydrolysis) is 1. The van der Waals surface area contributed by atoms with Crippen LogP contribution in [0.1, 0.15) is 105 Å². The summed E-state index contributed by atoms with van der Waals surface area (Å²) < 4.78 is 74.0. The summed E-state index contributed by atoms with van der Waals surface area (Å²) in [4.78, 5) is 68.3. The SMILES string of the molecule is COc1ccc2nc3c(nc2c1)OC1CN(C(=O)C(C(C)(C)C)NC(=O)OC2CC2CCCCC3)C(C(=O)NC2(C(=O)NS(=O)(=O)C3(C)CC3)CC2C(F)F)C1CC(C)C. The summed E-state index contributed by atoms with van der Waals surface area (Å²) in [5.74, 6) is -4.39. The molecule has 18 heteroatoms. The minimum Gasteiger partial charge on any atom is -0.497 e. The molecule has 8 atom stereocenters. The van der Waals surface area contributed by atoms with Crippen molar-refractivity contribution in [3.8, 4) is 11.6 Å². The van der Waals surface area contributed by atoms with Gasteiger partial charge >= 0.3 is 6.09 Å². The third kappa shape index (κ3) is 8.85. The van der Waals surface area contributed by atoms with Gasteiger partial charge in [0, 0.05) is 12.0 Å². The lowest BCUT2D eigenvalue weighted by molar-refractivity contribution is -0.144. The van der Waals surface area contributed by atoms with Crippen molar-refractivity contribution < 1.29 is 50.6 Å². The van der Waals surface area contributed by atoms with Gasteiger partial charge in [-0.05, 0) is 87.7 Å². The third-order valence-corrected chi connectivity index (χ3v) is 15.1. The lowest BCUT2D eigenvalue weighted by Gasteiger charge is -2.36. The summed E-state index contributed by atoms with van der Waals surface area (Å²) in [7, 11) is -2.71. The topological polar surface area (TPSA) is 195 Å². The second-order valence-electron chi connectivity index (χ2n) is 19.2. The number of rotatable bonds is 9. The van der Waals surface area contributed by atoms with Crippen LogP contribution in [0.2, 0.25) is 0 Å². The molecule has 4 fully saturated rings. The largest absolute Gasteiger partial charge is 0.497 e. The van der Waals surface area contributed by atoms with E-state index in [1.54, 1.807) is 40.0 Å². The van der Waals surface area contributed by atoms with E-state index in [0.717, 1.165) is 25.7 Å². The summed E-state index contributed by atoms with van der Waals surface area (Å²) in [6.45, 7) is 10.4. The molecular weight excluding hydrogens is 803 g/mol. The van der Waals surface area contributed by atoms with Gasteiger partial charge in [-0.3, -0.25) is 19.1 Å². The van der Waals surface area contributed by atoms with Gasteiger partial charge in [0.1, 0.15) is 41.3 Å². The Kier molecular flexibility index (Phi) is 11.8. The molecule has 7 rings (SSSR count). The van der Waals surface area contributed by atoms with Crippen molar-refractivity contribution in [1.82, 2.24) is 30.2 Å². The van der Waals surface area contributed by atoms with Gasteiger partial charge in [0.05, 0.1) is 35.4 Å². The molecule has 5 aliphatic rings. The van der Waals surface area contributed by atoms with E-state index < -0.39 is 92.4 Å². The molecule has 2 aliphatic heterocycles. The van der Waals surface area contributed by atoms with Gasteiger partial charge in [0.25, 0.3) is 5.91 Å². The van der Waals surface area contributed by atoms with Crippen LogP contribution in [0.5, 0.6) is 11.6 Å². The van der Waals surface area contributed by atoms with Crippen molar-refractivity contribution in [2.45, 2.75) is 147 Å². The summed E-state index contributed by atoms with van der Waals surface area (Å²) in [5, 5.41) is 5.32. The molecule has 2 aromatic rings.